The van der Waals surface area contributed by atoms with Crippen molar-refractivity contribution < 1.29 is 38.5 Å². The molecule has 6 N–H and O–H groups in total. The minimum Gasteiger partial charge on any atom is -0.462 e. The van der Waals surface area contributed by atoms with E-state index in [0.717, 1.165) is 7.11 Å². The predicted octanol–water partition coefficient (Wildman–Crippen LogP) is 0.164. The summed E-state index contributed by atoms with van der Waals surface area (Å²) in [5.41, 5.74) is 12.2. The highest BCUT2D eigenvalue weighted by atomic mass is 16.6. The van der Waals surface area contributed by atoms with Crippen molar-refractivity contribution in [1.29, 1.82) is 0 Å². The van der Waals surface area contributed by atoms with Crippen molar-refractivity contribution in [3.8, 4) is 11.1 Å². The third-order valence-electron chi connectivity index (χ3n) is 4.56. The number of aliphatic hydroxyl groups is 1. The lowest BCUT2D eigenvalue weighted by atomic mass is 10.1. The lowest BCUT2D eigenvalue weighted by Gasteiger charge is -2.23. The highest BCUT2D eigenvalue weighted by Crippen LogP contribution is 2.39. The predicted molar refractivity (Wildman–Crippen MR) is 112 cm³/mol. The van der Waals surface area contributed by atoms with Crippen LogP contribution in [0.5, 0.6) is 0 Å². The summed E-state index contributed by atoms with van der Waals surface area (Å²) in [4.78, 5) is 48.5. The van der Waals surface area contributed by atoms with E-state index in [4.69, 9.17) is 20.9 Å². The molecule has 0 saturated heterocycles. The van der Waals surface area contributed by atoms with Crippen molar-refractivity contribution in [3.63, 3.8) is 0 Å². The van der Waals surface area contributed by atoms with E-state index in [0.29, 0.717) is 16.7 Å². The molecule has 32 heavy (non-hydrogen) atoms. The van der Waals surface area contributed by atoms with Crippen LogP contribution in [-0.2, 0) is 30.2 Å². The molecule has 0 fully saturated rings. The second-order valence-corrected chi connectivity index (χ2v) is 6.61. The summed E-state index contributed by atoms with van der Waals surface area (Å²) in [7, 11) is 0.999. The molecular formula is C21H25N3O8. The number of nitrogens with two attached hydrogens (primary N) is 2. The molecule has 2 aliphatic carbocycles. The van der Waals surface area contributed by atoms with E-state index in [9.17, 15) is 24.3 Å². The Hall–Kier alpha value is -3.70. The number of carbonyl (C=O) groups is 4. The summed E-state index contributed by atoms with van der Waals surface area (Å²) in [6.07, 6.45) is -0.283. The zero-order chi connectivity index (χ0) is 24.1. The van der Waals surface area contributed by atoms with Gasteiger partial charge in [0.2, 0.25) is 5.91 Å². The summed E-state index contributed by atoms with van der Waals surface area (Å²) in [6, 6.07) is 6.07. The van der Waals surface area contributed by atoms with E-state index in [2.05, 4.69) is 4.74 Å². The molecule has 172 valence electrons. The van der Waals surface area contributed by atoms with E-state index >= 15 is 0 Å². The van der Waals surface area contributed by atoms with Gasteiger partial charge in [0, 0.05) is 7.11 Å². The molecule has 1 unspecified atom stereocenters. The fourth-order valence-electron chi connectivity index (χ4n) is 3.06. The first-order chi connectivity index (χ1) is 15.1. The number of methoxy groups -OCH3 is 1. The van der Waals surface area contributed by atoms with Gasteiger partial charge in [-0.2, -0.15) is 0 Å². The van der Waals surface area contributed by atoms with Crippen LogP contribution in [0.15, 0.2) is 24.3 Å². The largest absolute Gasteiger partial charge is 0.462 e. The van der Waals surface area contributed by atoms with Crippen LogP contribution in [0.2, 0.25) is 0 Å². The summed E-state index contributed by atoms with van der Waals surface area (Å²) >= 11 is 0. The van der Waals surface area contributed by atoms with Crippen molar-refractivity contribution >= 4 is 29.4 Å². The standard InChI is InChI=1S/C21H25N3O8/c1-4-31-18(26)15-12-8-6-11(10-14(25)24-21(29,30-3)20(23)28)7-9-13(12)16(17(15)22)19(27)32-5-2/h6-9,29H,4-5,10,22H2,1-3H3,(H2,23,28)(H,24,25). The summed E-state index contributed by atoms with van der Waals surface area (Å²) < 4.78 is 14.7. The molecule has 0 spiro atoms. The van der Waals surface area contributed by atoms with Crippen molar-refractivity contribution in [2.45, 2.75) is 26.2 Å². The lowest BCUT2D eigenvalue weighted by molar-refractivity contribution is -0.208. The zero-order valence-electron chi connectivity index (χ0n) is 17.9. The van der Waals surface area contributed by atoms with Crippen molar-refractivity contribution in [1.82, 2.24) is 5.32 Å². The average Bonchev–Trinajstić information content (AvgIpc) is 2.86. The van der Waals surface area contributed by atoms with Gasteiger partial charge >= 0.3 is 23.8 Å². The first-order valence-corrected chi connectivity index (χ1v) is 9.66. The lowest BCUT2D eigenvalue weighted by Crippen LogP contribution is -2.59. The maximum absolute atomic E-state index is 12.5. The number of anilines is 1. The number of nitrogens with one attached hydrogen (secondary N) is 1. The number of primary amides is 1. The number of hydrogen-bond donors (Lipinski definition) is 4. The van der Waals surface area contributed by atoms with Gasteiger partial charge < -0.3 is 30.8 Å². The molecule has 0 aromatic carbocycles. The molecule has 11 heteroatoms. The number of fused-ring (bicyclic) bond motifs is 1. The van der Waals surface area contributed by atoms with Gasteiger partial charge in [0.1, 0.15) is 0 Å². The molecule has 0 bridgehead atoms. The van der Waals surface area contributed by atoms with E-state index in [1.54, 1.807) is 13.8 Å². The molecule has 11 nitrogen and oxygen atoms in total. The number of amides is 2. The zero-order valence-corrected chi connectivity index (χ0v) is 17.9. The van der Waals surface area contributed by atoms with Crippen LogP contribution in [0.3, 0.4) is 0 Å². The molecule has 2 amide bonds. The second-order valence-electron chi connectivity index (χ2n) is 6.61. The van der Waals surface area contributed by atoms with Crippen LogP contribution in [-0.4, -0.2) is 55.1 Å². The third-order valence-corrected chi connectivity index (χ3v) is 4.56. The number of ether oxygens (including phenoxy) is 3. The molecule has 0 heterocycles. The molecule has 2 rings (SSSR count). The van der Waals surface area contributed by atoms with E-state index in [-0.39, 0.29) is 36.4 Å². The van der Waals surface area contributed by atoms with Gasteiger partial charge in [-0.15, -0.1) is 0 Å². The third kappa shape index (κ3) is 4.95. The molecule has 0 saturated carbocycles. The van der Waals surface area contributed by atoms with E-state index < -0.39 is 29.7 Å². The van der Waals surface area contributed by atoms with Crippen LogP contribution < -0.4 is 16.8 Å². The number of esters is 2. The fraction of sp³-hybridized carbons (Fsp3) is 0.333. The highest BCUT2D eigenvalue weighted by Gasteiger charge is 2.36. The quantitative estimate of drug-likeness (QED) is 0.307. The van der Waals surface area contributed by atoms with Gasteiger partial charge in [-0.3, -0.25) is 14.9 Å². The number of hydrogen-bond acceptors (Lipinski definition) is 9. The van der Waals surface area contributed by atoms with Crippen LogP contribution in [0.25, 0.3) is 11.1 Å². The van der Waals surface area contributed by atoms with Gasteiger partial charge in [-0.1, -0.05) is 24.3 Å². The van der Waals surface area contributed by atoms with Crippen LogP contribution in [0.1, 0.15) is 40.1 Å². The Morgan fingerprint density at radius 1 is 0.969 bits per heavy atom. The first-order valence-electron chi connectivity index (χ1n) is 9.66. The van der Waals surface area contributed by atoms with Crippen molar-refractivity contribution in [2.24, 2.45) is 5.73 Å². The summed E-state index contributed by atoms with van der Waals surface area (Å²) in [5.74, 6) is -6.13. The molecule has 0 aromatic rings. The maximum atomic E-state index is 12.5. The topological polar surface area (TPSA) is 180 Å². The van der Waals surface area contributed by atoms with Crippen LogP contribution in [0, 0.1) is 0 Å². The molecular weight excluding hydrogens is 422 g/mol. The Bertz CT molecular complexity index is 967. The number of rotatable bonds is 9. The van der Waals surface area contributed by atoms with Gasteiger partial charge in [-0.25, -0.2) is 9.59 Å². The summed E-state index contributed by atoms with van der Waals surface area (Å²) in [5, 5.41) is 11.9. The Morgan fingerprint density at radius 2 is 1.44 bits per heavy atom. The minimum absolute atomic E-state index is 0.0130. The Labute approximate surface area is 183 Å². The molecule has 1 atom stereocenters. The van der Waals surface area contributed by atoms with Crippen LogP contribution in [0.4, 0.5) is 5.69 Å². The number of nitrogen functional groups attached to an aromatic ring is 1. The van der Waals surface area contributed by atoms with E-state index in [1.807, 2.05) is 5.32 Å². The first kappa shape index (κ1) is 24.6. The average molecular weight is 447 g/mol. The van der Waals surface area contributed by atoms with Crippen molar-refractivity contribution in [3.05, 3.63) is 41.0 Å². The second kappa shape index (κ2) is 10.1. The highest BCUT2D eigenvalue weighted by molar-refractivity contribution is 6.15. The molecule has 0 radical (unpaired) electrons. The Morgan fingerprint density at radius 3 is 1.81 bits per heavy atom. The monoisotopic (exact) mass is 447 g/mol. The number of carbonyl (C=O) groups excluding carboxylic acids is 4. The molecule has 0 aromatic heterocycles. The smallest absolute Gasteiger partial charge is 0.340 e. The Balaban J connectivity index is 2.50. The maximum Gasteiger partial charge on any atom is 0.340 e. The Kier molecular flexibility index (Phi) is 7.73. The molecule has 2 aliphatic rings. The van der Waals surface area contributed by atoms with Gasteiger partial charge in [0.05, 0.1) is 36.4 Å². The summed E-state index contributed by atoms with van der Waals surface area (Å²) in [6.45, 7) is 3.48. The molecule has 0 aliphatic heterocycles. The van der Waals surface area contributed by atoms with Crippen LogP contribution >= 0.6 is 0 Å². The van der Waals surface area contributed by atoms with Gasteiger partial charge in [0.15, 0.2) is 0 Å². The van der Waals surface area contributed by atoms with Crippen molar-refractivity contribution in [2.75, 3.05) is 26.1 Å². The normalized spacial score (nSPS) is 12.6. The fourth-order valence-corrected chi connectivity index (χ4v) is 3.06. The van der Waals surface area contributed by atoms with Gasteiger partial charge in [0.25, 0.3) is 0 Å². The minimum atomic E-state index is -2.66. The SMILES string of the molecule is CCOC(=O)c1c2ccc(CC(=O)NC(O)(OC)C(N)=O)ccc-2c(C(=O)OCC)c1N. The van der Waals surface area contributed by atoms with Gasteiger partial charge in [-0.05, 0) is 30.5 Å². The van der Waals surface area contributed by atoms with E-state index in [1.165, 1.54) is 24.3 Å².